The Bertz CT molecular complexity index is 419. The van der Waals surface area contributed by atoms with Gasteiger partial charge < -0.3 is 16.2 Å². The molecule has 4 nitrogen and oxygen atoms in total. The van der Waals surface area contributed by atoms with Crippen LogP contribution in [0, 0.1) is 0 Å². The summed E-state index contributed by atoms with van der Waals surface area (Å²) >= 11 is 1.55. The average Bonchev–Trinajstić information content (AvgIpc) is 3.07. The van der Waals surface area contributed by atoms with Gasteiger partial charge in [-0.15, -0.1) is 11.8 Å². The van der Waals surface area contributed by atoms with Gasteiger partial charge in [0.25, 0.3) is 0 Å². The third kappa shape index (κ3) is 3.85. The van der Waals surface area contributed by atoms with Gasteiger partial charge in [0.05, 0.1) is 11.4 Å². The molecule has 0 unspecified atom stereocenters. The van der Waals surface area contributed by atoms with Crippen LogP contribution >= 0.6 is 11.8 Å². The van der Waals surface area contributed by atoms with Crippen LogP contribution in [-0.2, 0) is 10.5 Å². The van der Waals surface area contributed by atoms with Crippen molar-refractivity contribution < 1.29 is 9.90 Å². The highest BCUT2D eigenvalue weighted by Crippen LogP contribution is 2.23. The number of aromatic hydroxyl groups is 1. The van der Waals surface area contributed by atoms with E-state index in [1.807, 2.05) is 6.07 Å². The van der Waals surface area contributed by atoms with Gasteiger partial charge in [-0.3, -0.25) is 4.79 Å². The fourth-order valence-corrected chi connectivity index (χ4v) is 2.24. The van der Waals surface area contributed by atoms with E-state index in [0.29, 0.717) is 17.5 Å². The Morgan fingerprint density at radius 1 is 1.53 bits per heavy atom. The van der Waals surface area contributed by atoms with E-state index in [9.17, 15) is 9.90 Å². The van der Waals surface area contributed by atoms with Crippen molar-refractivity contribution in [2.24, 2.45) is 0 Å². The lowest BCUT2D eigenvalue weighted by Gasteiger charge is -2.05. The number of thioether (sulfide) groups is 1. The third-order valence-electron chi connectivity index (χ3n) is 2.54. The number of nitrogens with two attached hydrogens (primary N) is 1. The summed E-state index contributed by atoms with van der Waals surface area (Å²) in [7, 11) is 0. The first-order chi connectivity index (χ1) is 8.15. The van der Waals surface area contributed by atoms with Gasteiger partial charge in [0.2, 0.25) is 5.91 Å². The van der Waals surface area contributed by atoms with E-state index in [1.54, 1.807) is 23.9 Å². The summed E-state index contributed by atoms with van der Waals surface area (Å²) in [5.41, 5.74) is 6.99. The quantitative estimate of drug-likeness (QED) is 0.548. The molecule has 0 aromatic heterocycles. The molecule has 0 aliphatic heterocycles. The molecule has 0 atom stereocenters. The lowest BCUT2D eigenvalue weighted by atomic mass is 10.2. The summed E-state index contributed by atoms with van der Waals surface area (Å²) in [6, 6.07) is 5.56. The molecule has 1 aliphatic carbocycles. The Kier molecular flexibility index (Phi) is 3.78. The molecular weight excluding hydrogens is 236 g/mol. The zero-order valence-electron chi connectivity index (χ0n) is 9.48. The first-order valence-corrected chi connectivity index (χ1v) is 6.75. The van der Waals surface area contributed by atoms with Crippen LogP contribution in [0.3, 0.4) is 0 Å². The normalized spacial score (nSPS) is 14.6. The van der Waals surface area contributed by atoms with E-state index in [-0.39, 0.29) is 11.7 Å². The van der Waals surface area contributed by atoms with Crippen LogP contribution in [0.2, 0.25) is 0 Å². The van der Waals surface area contributed by atoms with Gasteiger partial charge in [-0.05, 0) is 30.5 Å². The lowest BCUT2D eigenvalue weighted by Crippen LogP contribution is -2.27. The van der Waals surface area contributed by atoms with Crippen LogP contribution in [0.25, 0.3) is 0 Å². The molecule has 17 heavy (non-hydrogen) atoms. The Morgan fingerprint density at radius 2 is 2.29 bits per heavy atom. The molecule has 0 spiro atoms. The number of carbonyl (C=O) groups is 1. The van der Waals surface area contributed by atoms with Crippen molar-refractivity contribution in [1.29, 1.82) is 0 Å². The molecule has 1 aliphatic rings. The Morgan fingerprint density at radius 3 is 2.94 bits per heavy atom. The van der Waals surface area contributed by atoms with Crippen molar-refractivity contribution in [3.63, 3.8) is 0 Å². The fraction of sp³-hybridized carbons (Fsp3) is 0.417. The second-order valence-electron chi connectivity index (χ2n) is 4.23. The number of phenols is 1. The Hall–Kier alpha value is -1.36. The molecule has 0 bridgehead atoms. The molecule has 4 N–H and O–H groups in total. The number of benzene rings is 1. The number of nitrogen functional groups attached to an aromatic ring is 1. The summed E-state index contributed by atoms with van der Waals surface area (Å²) < 4.78 is 0. The van der Waals surface area contributed by atoms with Crippen LogP contribution in [0.5, 0.6) is 5.75 Å². The van der Waals surface area contributed by atoms with Crippen molar-refractivity contribution >= 4 is 23.4 Å². The Labute approximate surface area is 105 Å². The number of hydrogen-bond donors (Lipinski definition) is 3. The molecule has 0 saturated heterocycles. The predicted octanol–water partition coefficient (Wildman–Crippen LogP) is 1.49. The molecule has 1 amide bonds. The lowest BCUT2D eigenvalue weighted by molar-refractivity contribution is -0.118. The van der Waals surface area contributed by atoms with Crippen LogP contribution in [0.1, 0.15) is 18.4 Å². The smallest absolute Gasteiger partial charge is 0.230 e. The number of nitrogens with one attached hydrogen (secondary N) is 1. The zero-order chi connectivity index (χ0) is 12.3. The molecule has 2 rings (SSSR count). The highest BCUT2D eigenvalue weighted by atomic mass is 32.2. The summed E-state index contributed by atoms with van der Waals surface area (Å²) in [5, 5.41) is 12.2. The predicted molar refractivity (Wildman–Crippen MR) is 69.8 cm³/mol. The van der Waals surface area contributed by atoms with Crippen molar-refractivity contribution in [3.05, 3.63) is 23.8 Å². The van der Waals surface area contributed by atoms with E-state index in [1.165, 1.54) is 0 Å². The highest BCUT2D eigenvalue weighted by Gasteiger charge is 2.22. The van der Waals surface area contributed by atoms with Gasteiger partial charge in [0.1, 0.15) is 5.75 Å². The van der Waals surface area contributed by atoms with E-state index in [4.69, 9.17) is 5.73 Å². The van der Waals surface area contributed by atoms with Crippen LogP contribution in [-0.4, -0.2) is 22.8 Å². The largest absolute Gasteiger partial charge is 0.506 e. The van der Waals surface area contributed by atoms with E-state index in [0.717, 1.165) is 24.2 Å². The van der Waals surface area contributed by atoms with Crippen molar-refractivity contribution in [1.82, 2.24) is 5.32 Å². The van der Waals surface area contributed by atoms with Gasteiger partial charge in [-0.25, -0.2) is 0 Å². The molecule has 1 saturated carbocycles. The SMILES string of the molecule is Nc1cc(CSCC(=O)NC2CC2)ccc1O. The first kappa shape index (κ1) is 12.1. The maximum absolute atomic E-state index is 11.4. The maximum atomic E-state index is 11.4. The van der Waals surface area contributed by atoms with Crippen LogP contribution in [0.4, 0.5) is 5.69 Å². The average molecular weight is 252 g/mol. The minimum absolute atomic E-state index is 0.101. The van der Waals surface area contributed by atoms with Crippen molar-refractivity contribution in [2.45, 2.75) is 24.6 Å². The number of phenolic OH excluding ortho intramolecular Hbond substituents is 1. The number of anilines is 1. The van der Waals surface area contributed by atoms with Gasteiger partial charge in [0, 0.05) is 11.8 Å². The van der Waals surface area contributed by atoms with E-state index >= 15 is 0 Å². The molecular formula is C12H16N2O2S. The minimum atomic E-state index is 0.101. The summed E-state index contributed by atoms with van der Waals surface area (Å²) in [5.74, 6) is 1.40. The highest BCUT2D eigenvalue weighted by molar-refractivity contribution is 7.99. The zero-order valence-corrected chi connectivity index (χ0v) is 10.3. The van der Waals surface area contributed by atoms with Gasteiger partial charge in [0.15, 0.2) is 0 Å². The summed E-state index contributed by atoms with van der Waals surface area (Å²) in [6.07, 6.45) is 2.23. The second kappa shape index (κ2) is 5.31. The summed E-state index contributed by atoms with van der Waals surface area (Å²) in [6.45, 7) is 0. The number of carbonyl (C=O) groups excluding carboxylic acids is 1. The van der Waals surface area contributed by atoms with E-state index < -0.39 is 0 Å². The third-order valence-corrected chi connectivity index (χ3v) is 3.54. The van der Waals surface area contributed by atoms with Crippen molar-refractivity contribution in [3.8, 4) is 5.75 Å². The minimum Gasteiger partial charge on any atom is -0.506 e. The van der Waals surface area contributed by atoms with Gasteiger partial charge in [-0.2, -0.15) is 0 Å². The standard InChI is InChI=1S/C12H16N2O2S/c13-10-5-8(1-4-11(10)15)6-17-7-12(16)14-9-2-3-9/h1,4-5,9,15H,2-3,6-7,13H2,(H,14,16). The van der Waals surface area contributed by atoms with Crippen LogP contribution in [0.15, 0.2) is 18.2 Å². The molecule has 1 fully saturated rings. The molecule has 1 aromatic rings. The fourth-order valence-electron chi connectivity index (χ4n) is 1.45. The molecule has 1 aromatic carbocycles. The molecule has 92 valence electrons. The number of rotatable bonds is 5. The number of hydrogen-bond acceptors (Lipinski definition) is 4. The van der Waals surface area contributed by atoms with Crippen molar-refractivity contribution in [2.75, 3.05) is 11.5 Å². The molecule has 0 radical (unpaired) electrons. The van der Waals surface area contributed by atoms with Crippen LogP contribution < -0.4 is 11.1 Å². The summed E-state index contributed by atoms with van der Waals surface area (Å²) in [4.78, 5) is 11.4. The van der Waals surface area contributed by atoms with Gasteiger partial charge in [-0.1, -0.05) is 6.07 Å². The Balaban J connectivity index is 1.73. The van der Waals surface area contributed by atoms with E-state index in [2.05, 4.69) is 5.32 Å². The molecule has 5 heteroatoms. The molecule has 0 heterocycles. The topological polar surface area (TPSA) is 75.4 Å². The monoisotopic (exact) mass is 252 g/mol. The number of amides is 1. The second-order valence-corrected chi connectivity index (χ2v) is 5.21. The first-order valence-electron chi connectivity index (χ1n) is 5.59. The maximum Gasteiger partial charge on any atom is 0.230 e. The van der Waals surface area contributed by atoms with Gasteiger partial charge >= 0.3 is 0 Å².